The molecule has 1 aliphatic carbocycles. The lowest BCUT2D eigenvalue weighted by Crippen LogP contribution is -1.95. The Bertz CT molecular complexity index is 507. The molecule has 2 aromatic rings. The highest BCUT2D eigenvalue weighted by Gasteiger charge is 2.17. The molecule has 0 aliphatic heterocycles. The normalized spacial score (nSPS) is 18.4. The molecule has 1 aromatic heterocycles. The van der Waals surface area contributed by atoms with Gasteiger partial charge in [-0.2, -0.15) is 0 Å². The van der Waals surface area contributed by atoms with Crippen molar-refractivity contribution >= 4 is 22.5 Å². The number of aromatic amines is 1. The van der Waals surface area contributed by atoms with Crippen molar-refractivity contribution in [2.24, 2.45) is 0 Å². The van der Waals surface area contributed by atoms with Crippen LogP contribution < -0.4 is 0 Å². The van der Waals surface area contributed by atoms with E-state index in [4.69, 9.17) is 11.6 Å². The molecular weight excluding hydrogens is 230 g/mol. The second-order valence-electron chi connectivity index (χ2n) is 5.12. The van der Waals surface area contributed by atoms with Crippen molar-refractivity contribution in [3.8, 4) is 0 Å². The van der Waals surface area contributed by atoms with E-state index in [2.05, 4.69) is 23.3 Å². The summed E-state index contributed by atoms with van der Waals surface area (Å²) in [6.07, 6.45) is 10.4. The van der Waals surface area contributed by atoms with E-state index in [-0.39, 0.29) is 0 Å². The summed E-state index contributed by atoms with van der Waals surface area (Å²) in [5, 5.41) is 2.16. The maximum atomic E-state index is 6.10. The zero-order chi connectivity index (χ0) is 11.7. The van der Waals surface area contributed by atoms with Gasteiger partial charge < -0.3 is 4.98 Å². The Hall–Kier alpha value is -0.950. The first kappa shape index (κ1) is 11.2. The minimum atomic E-state index is 0.727. The minimum absolute atomic E-state index is 0.727. The number of rotatable bonds is 1. The first-order chi connectivity index (χ1) is 8.34. The molecule has 3 rings (SSSR count). The lowest BCUT2D eigenvalue weighted by Gasteiger charge is -2.13. The highest BCUT2D eigenvalue weighted by Crippen LogP contribution is 2.36. The van der Waals surface area contributed by atoms with Crippen molar-refractivity contribution in [1.82, 2.24) is 4.98 Å². The second-order valence-corrected chi connectivity index (χ2v) is 5.56. The van der Waals surface area contributed by atoms with Gasteiger partial charge in [-0.05, 0) is 42.5 Å². The maximum Gasteiger partial charge on any atom is 0.0457 e. The molecule has 1 nitrogen and oxygen atoms in total. The summed E-state index contributed by atoms with van der Waals surface area (Å²) in [6, 6.07) is 6.14. The Morgan fingerprint density at radius 3 is 2.59 bits per heavy atom. The smallest absolute Gasteiger partial charge is 0.0457 e. The topological polar surface area (TPSA) is 15.8 Å². The molecule has 1 saturated carbocycles. The van der Waals surface area contributed by atoms with Gasteiger partial charge in [-0.15, -0.1) is 0 Å². The lowest BCUT2D eigenvalue weighted by atomic mass is 9.91. The van der Waals surface area contributed by atoms with Gasteiger partial charge in [-0.3, -0.25) is 0 Å². The van der Waals surface area contributed by atoms with E-state index < -0.39 is 0 Å². The molecule has 1 fully saturated rings. The number of H-pyrrole nitrogens is 1. The third-order valence-corrected chi connectivity index (χ3v) is 4.21. The van der Waals surface area contributed by atoms with E-state index in [1.54, 1.807) is 0 Å². The molecule has 2 heteroatoms. The summed E-state index contributed by atoms with van der Waals surface area (Å²) in [4.78, 5) is 3.37. The van der Waals surface area contributed by atoms with Crippen molar-refractivity contribution in [3.05, 3.63) is 35.0 Å². The van der Waals surface area contributed by atoms with Gasteiger partial charge in [0, 0.05) is 22.1 Å². The van der Waals surface area contributed by atoms with Crippen LogP contribution in [0.2, 0.25) is 5.02 Å². The maximum absolute atomic E-state index is 6.10. The summed E-state index contributed by atoms with van der Waals surface area (Å²) in [5.74, 6) is 0.727. The van der Waals surface area contributed by atoms with Gasteiger partial charge in [0.2, 0.25) is 0 Å². The Morgan fingerprint density at radius 2 is 1.82 bits per heavy atom. The fourth-order valence-electron chi connectivity index (χ4n) is 3.04. The molecule has 90 valence electrons. The first-order valence-electron chi connectivity index (χ1n) is 6.61. The van der Waals surface area contributed by atoms with E-state index in [9.17, 15) is 0 Å². The Labute approximate surface area is 107 Å². The summed E-state index contributed by atoms with van der Waals surface area (Å²) in [5.41, 5.74) is 2.69. The van der Waals surface area contributed by atoms with E-state index in [1.807, 2.05) is 6.07 Å². The summed E-state index contributed by atoms with van der Waals surface area (Å²) in [6.45, 7) is 0. The number of nitrogens with one attached hydrogen (secondary N) is 1. The third kappa shape index (κ3) is 2.21. The molecule has 0 saturated heterocycles. The van der Waals surface area contributed by atoms with Crippen LogP contribution >= 0.6 is 11.6 Å². The van der Waals surface area contributed by atoms with Gasteiger partial charge in [0.1, 0.15) is 0 Å². The minimum Gasteiger partial charge on any atom is -0.361 e. The van der Waals surface area contributed by atoms with Crippen LogP contribution in [0.3, 0.4) is 0 Å². The average Bonchev–Trinajstić information content (AvgIpc) is 2.58. The van der Waals surface area contributed by atoms with E-state index in [0.29, 0.717) is 0 Å². The fraction of sp³-hybridized carbons (Fsp3) is 0.467. The molecule has 0 bridgehead atoms. The van der Waals surface area contributed by atoms with Crippen LogP contribution in [0.15, 0.2) is 24.4 Å². The standard InChI is InChI=1S/C15H18ClN/c16-12-7-8-15-13(9-12)14(10-17-15)11-5-3-1-2-4-6-11/h7-11,17H,1-6H2. The van der Waals surface area contributed by atoms with Crippen LogP contribution in [0.1, 0.15) is 50.0 Å². The van der Waals surface area contributed by atoms with Crippen LogP contribution in [-0.2, 0) is 0 Å². The molecule has 0 unspecified atom stereocenters. The zero-order valence-corrected chi connectivity index (χ0v) is 10.8. The zero-order valence-electron chi connectivity index (χ0n) is 10.0. The number of fused-ring (bicyclic) bond motifs is 1. The van der Waals surface area contributed by atoms with Crippen molar-refractivity contribution < 1.29 is 0 Å². The molecule has 0 atom stereocenters. The summed E-state index contributed by atoms with van der Waals surface area (Å²) >= 11 is 6.10. The van der Waals surface area contributed by atoms with Gasteiger partial charge in [0.25, 0.3) is 0 Å². The predicted octanol–water partition coefficient (Wildman–Crippen LogP) is 5.26. The number of hydrogen-bond acceptors (Lipinski definition) is 0. The fourth-order valence-corrected chi connectivity index (χ4v) is 3.21. The van der Waals surface area contributed by atoms with Crippen LogP contribution in [0, 0.1) is 0 Å². The Kier molecular flexibility index (Phi) is 3.11. The lowest BCUT2D eigenvalue weighted by molar-refractivity contribution is 0.596. The average molecular weight is 248 g/mol. The highest BCUT2D eigenvalue weighted by molar-refractivity contribution is 6.31. The summed E-state index contributed by atoms with van der Waals surface area (Å²) < 4.78 is 0. The molecule has 0 spiro atoms. The van der Waals surface area contributed by atoms with Crippen molar-refractivity contribution in [3.63, 3.8) is 0 Å². The first-order valence-corrected chi connectivity index (χ1v) is 6.99. The van der Waals surface area contributed by atoms with Crippen molar-refractivity contribution in [2.45, 2.75) is 44.4 Å². The second kappa shape index (κ2) is 4.73. The van der Waals surface area contributed by atoms with Gasteiger partial charge in [0.15, 0.2) is 0 Å². The molecule has 17 heavy (non-hydrogen) atoms. The number of halogens is 1. The molecule has 0 amide bonds. The Balaban J connectivity index is 2.00. The molecule has 1 aliphatic rings. The van der Waals surface area contributed by atoms with Crippen molar-refractivity contribution in [2.75, 3.05) is 0 Å². The SMILES string of the molecule is Clc1ccc2[nH]cc(C3CCCCCC3)c2c1. The highest BCUT2D eigenvalue weighted by atomic mass is 35.5. The largest absolute Gasteiger partial charge is 0.361 e. The number of aromatic nitrogens is 1. The van der Waals surface area contributed by atoms with E-state index in [1.165, 1.54) is 55.0 Å². The van der Waals surface area contributed by atoms with Gasteiger partial charge in [-0.25, -0.2) is 0 Å². The summed E-state index contributed by atoms with van der Waals surface area (Å²) in [7, 11) is 0. The quantitative estimate of drug-likeness (QED) is 0.662. The monoisotopic (exact) mass is 247 g/mol. The van der Waals surface area contributed by atoms with Crippen molar-refractivity contribution in [1.29, 1.82) is 0 Å². The molecular formula is C15H18ClN. The molecule has 1 heterocycles. The Morgan fingerprint density at radius 1 is 1.06 bits per heavy atom. The van der Waals surface area contributed by atoms with Crippen LogP contribution in [0.5, 0.6) is 0 Å². The molecule has 1 N–H and O–H groups in total. The van der Waals surface area contributed by atoms with Crippen LogP contribution in [0.4, 0.5) is 0 Å². The predicted molar refractivity (Wildman–Crippen MR) is 73.8 cm³/mol. The number of benzene rings is 1. The molecule has 1 aromatic carbocycles. The van der Waals surface area contributed by atoms with E-state index >= 15 is 0 Å². The van der Waals surface area contributed by atoms with Gasteiger partial charge in [-0.1, -0.05) is 37.3 Å². The van der Waals surface area contributed by atoms with E-state index in [0.717, 1.165) is 10.9 Å². The van der Waals surface area contributed by atoms with Gasteiger partial charge >= 0.3 is 0 Å². The molecule has 0 radical (unpaired) electrons. The van der Waals surface area contributed by atoms with Crippen LogP contribution in [-0.4, -0.2) is 4.98 Å². The number of hydrogen-bond donors (Lipinski definition) is 1. The van der Waals surface area contributed by atoms with Gasteiger partial charge in [0.05, 0.1) is 0 Å². The van der Waals surface area contributed by atoms with Crippen LogP contribution in [0.25, 0.3) is 10.9 Å². The third-order valence-electron chi connectivity index (χ3n) is 3.97.